The molecule has 1 aliphatic heterocycles. The Morgan fingerprint density at radius 2 is 2.00 bits per heavy atom. The van der Waals surface area contributed by atoms with Crippen molar-refractivity contribution in [3.63, 3.8) is 0 Å². The Morgan fingerprint density at radius 1 is 1.33 bits per heavy atom. The molecule has 1 fully saturated rings. The van der Waals surface area contributed by atoms with Gasteiger partial charge in [0.2, 0.25) is 0 Å². The van der Waals surface area contributed by atoms with Gasteiger partial charge in [0, 0.05) is 38.3 Å². The molecular weight excluding hydrogens is 271 g/mol. The fourth-order valence-corrected chi connectivity index (χ4v) is 2.59. The van der Waals surface area contributed by atoms with Crippen LogP contribution in [-0.2, 0) is 0 Å². The topological polar surface area (TPSA) is 32.8 Å². The monoisotopic (exact) mass is 294 g/mol. The van der Waals surface area contributed by atoms with Crippen LogP contribution in [0.5, 0.6) is 5.75 Å². The summed E-state index contributed by atoms with van der Waals surface area (Å²) in [6.07, 6.45) is 1.10. The summed E-state index contributed by atoms with van der Waals surface area (Å²) in [5, 5.41) is 0. The van der Waals surface area contributed by atoms with Crippen LogP contribution in [0.15, 0.2) is 18.2 Å². The van der Waals surface area contributed by atoms with E-state index in [0.29, 0.717) is 24.9 Å². The molecule has 1 amide bonds. The Hall–Kier alpha value is -1.62. The molecule has 1 aliphatic rings. The number of methoxy groups -OCH3 is 1. The highest BCUT2D eigenvalue weighted by molar-refractivity contribution is 5.94. The van der Waals surface area contributed by atoms with Crippen LogP contribution in [-0.4, -0.2) is 55.0 Å². The summed E-state index contributed by atoms with van der Waals surface area (Å²) in [4.78, 5) is 16.5. The van der Waals surface area contributed by atoms with Gasteiger partial charge in [-0.05, 0) is 25.5 Å². The number of carbonyl (C=O) groups excluding carboxylic acids is 1. The molecule has 1 aromatic rings. The lowest BCUT2D eigenvalue weighted by molar-refractivity contribution is 0.0575. The van der Waals surface area contributed by atoms with E-state index in [1.54, 1.807) is 11.0 Å². The third-order valence-electron chi connectivity index (χ3n) is 4.22. The summed E-state index contributed by atoms with van der Waals surface area (Å²) in [7, 11) is 1.48. The lowest BCUT2D eigenvalue weighted by Crippen LogP contribution is -2.51. The van der Waals surface area contributed by atoms with Crippen LogP contribution in [0, 0.1) is 5.82 Å². The largest absolute Gasteiger partial charge is 0.497 e. The van der Waals surface area contributed by atoms with E-state index in [9.17, 15) is 9.18 Å². The molecule has 116 valence electrons. The first kappa shape index (κ1) is 15.8. The zero-order valence-electron chi connectivity index (χ0n) is 12.9. The van der Waals surface area contributed by atoms with Crippen molar-refractivity contribution in [2.75, 3.05) is 33.3 Å². The third-order valence-corrected chi connectivity index (χ3v) is 4.22. The van der Waals surface area contributed by atoms with Crippen molar-refractivity contribution in [1.82, 2.24) is 9.80 Å². The third kappa shape index (κ3) is 3.53. The number of amides is 1. The first-order chi connectivity index (χ1) is 10.1. The van der Waals surface area contributed by atoms with Crippen molar-refractivity contribution in [2.24, 2.45) is 0 Å². The predicted octanol–water partition coefficient (Wildman–Crippen LogP) is 2.39. The zero-order chi connectivity index (χ0) is 15.4. The average Bonchev–Trinajstić information content (AvgIpc) is 2.53. The highest BCUT2D eigenvalue weighted by Gasteiger charge is 2.25. The van der Waals surface area contributed by atoms with Gasteiger partial charge in [-0.25, -0.2) is 4.39 Å². The summed E-state index contributed by atoms with van der Waals surface area (Å²) < 4.78 is 18.9. The quantitative estimate of drug-likeness (QED) is 0.855. The Kier molecular flexibility index (Phi) is 5.17. The molecule has 0 aromatic heterocycles. The molecule has 1 aromatic carbocycles. The van der Waals surface area contributed by atoms with E-state index in [4.69, 9.17) is 4.74 Å². The maximum Gasteiger partial charge on any atom is 0.256 e. The van der Waals surface area contributed by atoms with E-state index in [1.165, 1.54) is 19.2 Å². The van der Waals surface area contributed by atoms with Crippen molar-refractivity contribution in [1.29, 1.82) is 0 Å². The Bertz CT molecular complexity index is 499. The van der Waals surface area contributed by atoms with Gasteiger partial charge < -0.3 is 9.64 Å². The maximum atomic E-state index is 14.0. The van der Waals surface area contributed by atoms with Crippen LogP contribution in [0.3, 0.4) is 0 Å². The molecule has 21 heavy (non-hydrogen) atoms. The molecule has 1 heterocycles. The van der Waals surface area contributed by atoms with Gasteiger partial charge in [0.05, 0.1) is 12.7 Å². The first-order valence-corrected chi connectivity index (χ1v) is 7.43. The van der Waals surface area contributed by atoms with Crippen molar-refractivity contribution >= 4 is 5.91 Å². The molecule has 5 heteroatoms. The van der Waals surface area contributed by atoms with Crippen LogP contribution in [0.2, 0.25) is 0 Å². The van der Waals surface area contributed by atoms with Gasteiger partial charge >= 0.3 is 0 Å². The van der Waals surface area contributed by atoms with Crippen molar-refractivity contribution in [2.45, 2.75) is 26.3 Å². The van der Waals surface area contributed by atoms with E-state index >= 15 is 0 Å². The standard InChI is InChI=1S/C16H23FN2O2/c1-4-12(2)18-7-9-19(10-8-18)16(20)14-6-5-13(21-3)11-15(14)17/h5-6,11-12H,4,7-10H2,1-3H3. The number of benzene rings is 1. The second-order valence-electron chi connectivity index (χ2n) is 5.43. The molecule has 0 spiro atoms. The molecule has 2 rings (SSSR count). The van der Waals surface area contributed by atoms with E-state index in [1.807, 2.05) is 0 Å². The Morgan fingerprint density at radius 3 is 2.52 bits per heavy atom. The number of nitrogens with zero attached hydrogens (tertiary/aromatic N) is 2. The second-order valence-corrected chi connectivity index (χ2v) is 5.43. The number of rotatable bonds is 4. The number of hydrogen-bond acceptors (Lipinski definition) is 3. The Balaban J connectivity index is 2.02. The fourth-order valence-electron chi connectivity index (χ4n) is 2.59. The second kappa shape index (κ2) is 6.89. The van der Waals surface area contributed by atoms with Crippen LogP contribution in [0.25, 0.3) is 0 Å². The maximum absolute atomic E-state index is 14.0. The predicted molar refractivity (Wildman–Crippen MR) is 80.2 cm³/mol. The van der Waals surface area contributed by atoms with Crippen molar-refractivity contribution in [3.05, 3.63) is 29.6 Å². The fraction of sp³-hybridized carbons (Fsp3) is 0.562. The molecule has 0 aliphatic carbocycles. The van der Waals surface area contributed by atoms with Gasteiger partial charge in [0.1, 0.15) is 11.6 Å². The lowest BCUT2D eigenvalue weighted by Gasteiger charge is -2.37. The van der Waals surface area contributed by atoms with Crippen molar-refractivity contribution < 1.29 is 13.9 Å². The van der Waals surface area contributed by atoms with Gasteiger partial charge in [-0.2, -0.15) is 0 Å². The minimum Gasteiger partial charge on any atom is -0.497 e. The molecule has 4 nitrogen and oxygen atoms in total. The first-order valence-electron chi connectivity index (χ1n) is 7.43. The summed E-state index contributed by atoms with van der Waals surface area (Å²) in [5.41, 5.74) is 0.118. The smallest absolute Gasteiger partial charge is 0.256 e. The number of piperazine rings is 1. The van der Waals surface area contributed by atoms with Crippen LogP contribution in [0.4, 0.5) is 4.39 Å². The van der Waals surface area contributed by atoms with E-state index < -0.39 is 5.82 Å². The van der Waals surface area contributed by atoms with E-state index in [0.717, 1.165) is 19.5 Å². The molecule has 0 saturated carbocycles. The van der Waals surface area contributed by atoms with Crippen LogP contribution >= 0.6 is 0 Å². The van der Waals surface area contributed by atoms with Gasteiger partial charge in [0.15, 0.2) is 0 Å². The summed E-state index contributed by atoms with van der Waals surface area (Å²) in [6, 6.07) is 4.89. The highest BCUT2D eigenvalue weighted by atomic mass is 19.1. The summed E-state index contributed by atoms with van der Waals surface area (Å²) >= 11 is 0. The number of ether oxygens (including phenoxy) is 1. The number of halogens is 1. The van der Waals surface area contributed by atoms with E-state index in [2.05, 4.69) is 18.7 Å². The minimum atomic E-state index is -0.524. The van der Waals surface area contributed by atoms with Gasteiger partial charge in [0.25, 0.3) is 5.91 Å². The molecule has 1 unspecified atom stereocenters. The molecule has 0 bridgehead atoms. The Labute approximate surface area is 125 Å². The zero-order valence-corrected chi connectivity index (χ0v) is 12.9. The average molecular weight is 294 g/mol. The normalized spacial score (nSPS) is 17.6. The molecule has 0 radical (unpaired) electrons. The highest BCUT2D eigenvalue weighted by Crippen LogP contribution is 2.19. The van der Waals surface area contributed by atoms with Gasteiger partial charge in [-0.15, -0.1) is 0 Å². The molecule has 0 N–H and O–H groups in total. The minimum absolute atomic E-state index is 0.118. The number of carbonyl (C=O) groups is 1. The van der Waals surface area contributed by atoms with Crippen LogP contribution < -0.4 is 4.74 Å². The molecule has 1 atom stereocenters. The summed E-state index contributed by atoms with van der Waals surface area (Å²) in [6.45, 7) is 7.34. The van der Waals surface area contributed by atoms with Crippen LogP contribution in [0.1, 0.15) is 30.6 Å². The molecule has 1 saturated heterocycles. The summed E-state index contributed by atoms with van der Waals surface area (Å²) in [5.74, 6) is -0.340. The van der Waals surface area contributed by atoms with Gasteiger partial charge in [-0.3, -0.25) is 9.69 Å². The number of hydrogen-bond donors (Lipinski definition) is 0. The SMILES string of the molecule is CCC(C)N1CCN(C(=O)c2ccc(OC)cc2F)CC1. The molecular formula is C16H23FN2O2. The van der Waals surface area contributed by atoms with Crippen molar-refractivity contribution in [3.8, 4) is 5.75 Å². The van der Waals surface area contributed by atoms with E-state index in [-0.39, 0.29) is 11.5 Å². The lowest BCUT2D eigenvalue weighted by atomic mass is 10.1. The van der Waals surface area contributed by atoms with Gasteiger partial charge in [-0.1, -0.05) is 6.92 Å².